The quantitative estimate of drug-likeness (QED) is 0.0380. The van der Waals surface area contributed by atoms with Gasteiger partial charge in [0, 0.05) is 170 Å². The van der Waals surface area contributed by atoms with Crippen LogP contribution in [0.25, 0.3) is 0 Å². The zero-order valence-corrected chi connectivity index (χ0v) is 97.5. The van der Waals surface area contributed by atoms with Gasteiger partial charge in [0.1, 0.15) is 0 Å². The van der Waals surface area contributed by atoms with E-state index >= 15 is 0 Å². The Morgan fingerprint density at radius 3 is 0.592 bits per heavy atom. The number of hydrogen-bond donors (Lipinski definition) is 0. The molecule has 0 aliphatic carbocycles. The molecule has 0 spiro atoms. The van der Waals surface area contributed by atoms with Gasteiger partial charge in [0.05, 0.1) is 39.2 Å². The van der Waals surface area contributed by atoms with Crippen molar-refractivity contribution < 1.29 is 29.9 Å². The van der Waals surface area contributed by atoms with Crippen LogP contribution in [0.1, 0.15) is 465 Å². The number of unbranched alkanes of at least 4 members (excludes halogenated alkanes) is 13. The van der Waals surface area contributed by atoms with Gasteiger partial charge in [-0.25, -0.2) is 0 Å². The maximum atomic E-state index is 6.94. The highest BCUT2D eigenvalue weighted by molar-refractivity contribution is 5.52. The molecule has 28 heteroatoms. The molecule has 0 aromatic carbocycles. The van der Waals surface area contributed by atoms with Crippen LogP contribution in [0.4, 0.5) is 53.5 Å². The van der Waals surface area contributed by atoms with Gasteiger partial charge in [-0.3, -0.25) is 24.2 Å². The highest BCUT2D eigenvalue weighted by Gasteiger charge is 2.55. The Balaban J connectivity index is 0.0000111. The van der Waals surface area contributed by atoms with Crippen molar-refractivity contribution in [3.8, 4) is 0 Å². The van der Waals surface area contributed by atoms with Crippen molar-refractivity contribution in [3.05, 3.63) is 24.2 Å². The van der Waals surface area contributed by atoms with Crippen molar-refractivity contribution in [1.29, 1.82) is 0 Å². The second-order valence-electron chi connectivity index (χ2n) is 49.1. The van der Waals surface area contributed by atoms with E-state index in [2.05, 4.69) is 304 Å². The van der Waals surface area contributed by atoms with E-state index in [1.54, 1.807) is 0 Å². The van der Waals surface area contributed by atoms with Crippen LogP contribution in [-0.4, -0.2) is 268 Å². The molecule has 0 unspecified atom stereocenters. The smallest absolute Gasteiger partial charge is 0.236 e. The van der Waals surface area contributed by atoms with E-state index in [9.17, 15) is 0 Å². The topological polar surface area (TPSA) is 208 Å². The molecule has 3 aromatic heterocycles. The Morgan fingerprint density at radius 2 is 0.408 bits per heavy atom. The van der Waals surface area contributed by atoms with E-state index in [-0.39, 0.29) is 91.3 Å². The third kappa shape index (κ3) is 33.6. The molecule has 0 bridgehead atoms. The van der Waals surface area contributed by atoms with Gasteiger partial charge in [0.2, 0.25) is 53.5 Å². The van der Waals surface area contributed by atoms with E-state index in [4.69, 9.17) is 69.0 Å². The van der Waals surface area contributed by atoms with Crippen LogP contribution in [0.3, 0.4) is 0 Å². The maximum Gasteiger partial charge on any atom is 0.236 e. The molecule has 0 N–H and O–H groups in total. The van der Waals surface area contributed by atoms with Gasteiger partial charge in [-0.05, 0) is 312 Å². The van der Waals surface area contributed by atoms with Gasteiger partial charge in [-0.15, -0.1) is 0 Å². The lowest BCUT2D eigenvalue weighted by molar-refractivity contribution is -0.282. The lowest BCUT2D eigenvalue weighted by Crippen LogP contribution is -2.65. The molecule has 5 fully saturated rings. The van der Waals surface area contributed by atoms with Crippen LogP contribution in [0.5, 0.6) is 0 Å². The van der Waals surface area contributed by atoms with Crippen molar-refractivity contribution in [2.45, 2.75) is 545 Å². The van der Waals surface area contributed by atoms with Crippen LogP contribution < -0.4 is 44.1 Å². The molecular formula is C114H221N23O5. The van der Waals surface area contributed by atoms with E-state index in [0.717, 1.165) is 351 Å². The molecule has 5 aliphatic heterocycles. The van der Waals surface area contributed by atoms with Crippen LogP contribution >= 0.6 is 0 Å². The number of nitrogens with zero attached hydrogens (tertiary/aromatic N) is 23. The molecule has 0 atom stereocenters. The Bertz CT molecular complexity index is 4080. The fraction of sp³-hybridized carbons (Fsp3) is 0.886. The predicted octanol–water partition coefficient (Wildman–Crippen LogP) is 26.5. The summed E-state index contributed by atoms with van der Waals surface area (Å²) in [6.45, 7) is 91.6. The van der Waals surface area contributed by atoms with Crippen molar-refractivity contribution in [3.63, 3.8) is 0 Å². The Hall–Kier alpha value is -5.87. The molecular weight excluding hydrogens is 1770 g/mol. The first-order valence-corrected chi connectivity index (χ1v) is 57.6. The normalized spacial score (nSPS) is 19.9. The Kier molecular flexibility index (Phi) is 48.0. The first kappa shape index (κ1) is 121. The van der Waals surface area contributed by atoms with Gasteiger partial charge < -0.3 is 44.1 Å². The fourth-order valence-corrected chi connectivity index (χ4v) is 24.7. The zero-order valence-electron chi connectivity index (χ0n) is 97.5. The standard InChI is InChI=1S/C114H213N23O5.4H2/c1-35-48-64-124(34)96-115-97(125(65-49-36-2)66-50-37-3)118-100(116-96)129(92-83-107(18,19)134(139-77-44-10)108(20,21)84-92)72-60-56-58-62-74-131(94-87-111(26,27)136(141-79-46-12)112(28,29)88-94)103-121-102(128(71-55-42-8)91-81-105(14,15)133(138-76-43-9)106(16,17)82-91)122-104(123-103)132(95-89-113(30,31)137(142-80-47-13)114(32,33)90-95)75-63-59-57-61-73-130(93-85-109(22,23)135(140-78-45-11)110(24,25)86-93)101-119-98(126(67-51-38-4)68-52-39-5)117-99(120-101)127(69-53-40-6)70-54-41-7;;;;/h64,91-95H,1,36-47,49-63,65-90H2,2-34H3;4*1H. The fourth-order valence-electron chi connectivity index (χ4n) is 24.7. The summed E-state index contributed by atoms with van der Waals surface area (Å²) in [6.07, 6.45) is 38.0. The number of rotatable bonds is 65. The molecule has 0 amide bonds. The van der Waals surface area contributed by atoms with Gasteiger partial charge >= 0.3 is 0 Å². The van der Waals surface area contributed by atoms with E-state index < -0.39 is 0 Å². The molecule has 8 rings (SSSR count). The average molecular weight is 1990 g/mol. The lowest BCUT2D eigenvalue weighted by atomic mass is 9.78. The summed E-state index contributed by atoms with van der Waals surface area (Å²) in [6, 6.07) is 0.428. The second kappa shape index (κ2) is 56.1. The largest absolute Gasteiger partial charge is 0.341 e. The average Bonchev–Trinajstić information content (AvgIpc) is 0.857. The Labute approximate surface area is 874 Å². The molecule has 0 saturated carbocycles. The minimum absolute atomic E-state index is 0. The summed E-state index contributed by atoms with van der Waals surface area (Å²) in [5, 5.41) is 11.7. The zero-order chi connectivity index (χ0) is 105. The van der Waals surface area contributed by atoms with Crippen LogP contribution in [0.15, 0.2) is 24.2 Å². The van der Waals surface area contributed by atoms with Gasteiger partial charge in [-0.2, -0.15) is 70.2 Å². The third-order valence-electron chi connectivity index (χ3n) is 30.3. The second-order valence-corrected chi connectivity index (χ2v) is 49.1. The summed E-state index contributed by atoms with van der Waals surface area (Å²) in [4.78, 5) is 109. The van der Waals surface area contributed by atoms with E-state index in [1.165, 1.54) is 0 Å². The molecule has 3 aromatic rings. The first-order valence-electron chi connectivity index (χ1n) is 57.6. The number of hydrogen-bond acceptors (Lipinski definition) is 28. The van der Waals surface area contributed by atoms with Crippen molar-refractivity contribution in [1.82, 2.24) is 70.2 Å². The summed E-state index contributed by atoms with van der Waals surface area (Å²) >= 11 is 0. The molecule has 5 saturated heterocycles. The molecule has 28 nitrogen and oxygen atoms in total. The monoisotopic (exact) mass is 1990 g/mol. The summed E-state index contributed by atoms with van der Waals surface area (Å²) in [5.74, 6) is 6.81. The highest BCUT2D eigenvalue weighted by atomic mass is 16.7. The van der Waals surface area contributed by atoms with Gasteiger partial charge in [-0.1, -0.05) is 165 Å². The minimum atomic E-state index is -0.348. The minimum Gasteiger partial charge on any atom is -0.341 e. The Morgan fingerprint density at radius 1 is 0.246 bits per heavy atom. The predicted molar refractivity (Wildman–Crippen MR) is 605 cm³/mol. The summed E-state index contributed by atoms with van der Waals surface area (Å²) in [7, 11) is 2.00. The number of piperidine rings is 5. The molecule has 142 heavy (non-hydrogen) atoms. The van der Waals surface area contributed by atoms with Crippen molar-refractivity contribution in [2.24, 2.45) is 0 Å². The summed E-state index contributed by atoms with van der Waals surface area (Å²) in [5.41, 5.74) is 2.82. The highest BCUT2D eigenvalue weighted by Crippen LogP contribution is 2.49. The van der Waals surface area contributed by atoms with Crippen LogP contribution in [0, 0.1) is 0 Å². The SMILES string of the molecule is C=C=C=CN(C)c1nc(N(CCCC)CCCC)nc(N(CCCCCCN(c2nc(N(CCCC)C3CC(C)(C)N(OCCC)C(C)(C)C3)nc(N(CCCCCCN(c3nc(N(CCCC)CCCC)nc(N(CCCC)CCCC)n3)C3CC(C)(C)N(OCCC)C(C)(C)C3)C3CC(C)(C)N(OCCC)C(C)(C)C3)n2)C2CC(C)(C)N(OCCC)C(C)(C)C2)C2CC(C)(C)N(OCCC)C(C)(C)C2)n1.[HH].[HH].[HH].[HH]. The first-order chi connectivity index (χ1) is 67.2. The van der Waals surface area contributed by atoms with Gasteiger partial charge in [0.25, 0.3) is 0 Å². The van der Waals surface area contributed by atoms with E-state index in [0.29, 0.717) is 44.9 Å². The molecule has 0 radical (unpaired) electrons. The van der Waals surface area contributed by atoms with Gasteiger partial charge in [0.15, 0.2) is 0 Å². The van der Waals surface area contributed by atoms with Crippen LogP contribution in [-0.2, 0) is 24.2 Å². The van der Waals surface area contributed by atoms with E-state index in [1.807, 2.05) is 18.1 Å². The lowest BCUT2D eigenvalue weighted by Gasteiger charge is -2.56. The number of anilines is 9. The van der Waals surface area contributed by atoms with Crippen molar-refractivity contribution in [2.75, 3.05) is 156 Å². The third-order valence-corrected chi connectivity index (χ3v) is 30.3. The molecule has 8 heterocycles. The number of aromatic nitrogens is 9. The summed E-state index contributed by atoms with van der Waals surface area (Å²) < 4.78 is 0. The molecule has 822 valence electrons. The number of hydroxylamine groups is 10. The van der Waals surface area contributed by atoms with Crippen LogP contribution in [0.2, 0.25) is 0 Å². The molecule has 5 aliphatic rings. The van der Waals surface area contributed by atoms with Crippen molar-refractivity contribution >= 4 is 53.5 Å². The maximum absolute atomic E-state index is 6.94.